The SMILES string of the molecule is O=C([O-])[C@H]1C[C@@H](CP(=O)([O-])[O-])CCN1.[Na+].[Na+].[Na+]. The van der Waals surface area contributed by atoms with E-state index in [0.29, 0.717) is 13.0 Å². The normalized spacial score (nSPS) is 23.6. The van der Waals surface area contributed by atoms with Gasteiger partial charge in [0.25, 0.3) is 0 Å². The van der Waals surface area contributed by atoms with Crippen LogP contribution in [0.5, 0.6) is 0 Å². The first-order valence-corrected chi connectivity index (χ1v) is 6.06. The Labute approximate surface area is 167 Å². The number of hydrogen-bond acceptors (Lipinski definition) is 6. The topological polar surface area (TPSA) is 115 Å². The van der Waals surface area contributed by atoms with Crippen LogP contribution in [0.25, 0.3) is 0 Å². The molecule has 17 heavy (non-hydrogen) atoms. The Morgan fingerprint density at radius 3 is 2.24 bits per heavy atom. The van der Waals surface area contributed by atoms with E-state index in [1.165, 1.54) is 0 Å². The molecule has 0 spiro atoms. The third-order valence-corrected chi connectivity index (χ3v) is 3.24. The van der Waals surface area contributed by atoms with E-state index in [-0.39, 0.29) is 101 Å². The number of nitrogens with one attached hydrogen (secondary N) is 1. The molecule has 1 N–H and O–H groups in total. The van der Waals surface area contributed by atoms with Crippen molar-refractivity contribution >= 4 is 13.6 Å². The summed E-state index contributed by atoms with van der Waals surface area (Å²) >= 11 is 0. The second-order valence-corrected chi connectivity index (χ2v) is 5.10. The molecular weight excluding hydrogens is 278 g/mol. The Morgan fingerprint density at radius 2 is 1.82 bits per heavy atom. The fourth-order valence-electron chi connectivity index (χ4n) is 1.66. The third-order valence-electron chi connectivity index (χ3n) is 2.28. The Hall–Kier alpha value is 2.58. The van der Waals surface area contributed by atoms with Gasteiger partial charge >= 0.3 is 88.7 Å². The minimum absolute atomic E-state index is 0. The predicted molar refractivity (Wildman–Crippen MR) is 42.0 cm³/mol. The summed E-state index contributed by atoms with van der Waals surface area (Å²) in [5, 5.41) is 13.1. The molecule has 0 bridgehead atoms. The van der Waals surface area contributed by atoms with Crippen molar-refractivity contribution in [2.24, 2.45) is 5.92 Å². The van der Waals surface area contributed by atoms with E-state index >= 15 is 0 Å². The first-order chi connectivity index (χ1) is 6.38. The molecule has 0 aliphatic carbocycles. The number of rotatable bonds is 3. The van der Waals surface area contributed by atoms with Crippen LogP contribution in [0.1, 0.15) is 12.8 Å². The summed E-state index contributed by atoms with van der Waals surface area (Å²) in [5.74, 6) is -1.61. The van der Waals surface area contributed by atoms with Gasteiger partial charge in [-0.05, 0) is 31.5 Å². The molecule has 1 fully saturated rings. The van der Waals surface area contributed by atoms with Gasteiger partial charge in [0.1, 0.15) is 0 Å². The molecule has 0 aromatic rings. The van der Waals surface area contributed by atoms with Crippen molar-refractivity contribution in [1.82, 2.24) is 5.32 Å². The van der Waals surface area contributed by atoms with E-state index in [9.17, 15) is 24.3 Å². The molecule has 1 heterocycles. The number of carboxylic acid groups (broad SMARTS) is 1. The Bertz CT molecular complexity index is 274. The first kappa shape index (κ1) is 24.6. The molecule has 82 valence electrons. The van der Waals surface area contributed by atoms with E-state index in [1.807, 2.05) is 0 Å². The number of carbonyl (C=O) groups is 1. The molecule has 6 nitrogen and oxygen atoms in total. The first-order valence-electron chi connectivity index (χ1n) is 4.34. The van der Waals surface area contributed by atoms with Gasteiger partial charge in [-0.15, -0.1) is 0 Å². The zero-order chi connectivity index (χ0) is 10.8. The molecule has 0 aromatic carbocycles. The number of carbonyl (C=O) groups excluding carboxylic acids is 1. The smallest absolute Gasteiger partial charge is 0.811 e. The maximum Gasteiger partial charge on any atom is 1.00 e. The van der Waals surface area contributed by atoms with Crippen molar-refractivity contribution < 1.29 is 113 Å². The maximum atomic E-state index is 10.5. The second kappa shape index (κ2) is 11.3. The van der Waals surface area contributed by atoms with Gasteiger partial charge in [0.2, 0.25) is 0 Å². The van der Waals surface area contributed by atoms with Crippen molar-refractivity contribution in [2.75, 3.05) is 12.7 Å². The van der Waals surface area contributed by atoms with Gasteiger partial charge in [-0.2, -0.15) is 0 Å². The number of piperidine rings is 1. The van der Waals surface area contributed by atoms with Gasteiger partial charge in [0.15, 0.2) is 0 Å². The monoisotopic (exact) mass is 289 g/mol. The molecular formula is C7H11NNa3O5P. The van der Waals surface area contributed by atoms with Crippen LogP contribution in [0.15, 0.2) is 0 Å². The minimum Gasteiger partial charge on any atom is -0.811 e. The van der Waals surface area contributed by atoms with Crippen molar-refractivity contribution in [3.63, 3.8) is 0 Å². The summed E-state index contributed by atoms with van der Waals surface area (Å²) in [6, 6.07) is -0.833. The summed E-state index contributed by atoms with van der Waals surface area (Å²) in [5.41, 5.74) is 0. The van der Waals surface area contributed by atoms with E-state index in [0.717, 1.165) is 0 Å². The van der Waals surface area contributed by atoms with Gasteiger partial charge in [-0.1, -0.05) is 7.60 Å². The van der Waals surface area contributed by atoms with Crippen LogP contribution in [0.2, 0.25) is 0 Å². The average Bonchev–Trinajstić information content (AvgIpc) is 2.01. The van der Waals surface area contributed by atoms with E-state index < -0.39 is 25.8 Å². The molecule has 0 saturated carbocycles. The zero-order valence-corrected chi connectivity index (χ0v) is 17.4. The predicted octanol–water partition coefficient (Wildman–Crippen LogP) is -12.0. The molecule has 1 rings (SSSR count). The maximum absolute atomic E-state index is 10.5. The quantitative estimate of drug-likeness (QED) is 0.407. The van der Waals surface area contributed by atoms with Crippen molar-refractivity contribution in [2.45, 2.75) is 18.9 Å². The van der Waals surface area contributed by atoms with Crippen molar-refractivity contribution in [3.8, 4) is 0 Å². The van der Waals surface area contributed by atoms with Crippen LogP contribution in [-0.4, -0.2) is 24.7 Å². The van der Waals surface area contributed by atoms with Gasteiger partial charge in [0, 0.05) is 6.04 Å². The van der Waals surface area contributed by atoms with Crippen LogP contribution in [-0.2, 0) is 9.36 Å². The molecule has 2 atom stereocenters. The fraction of sp³-hybridized carbons (Fsp3) is 0.857. The van der Waals surface area contributed by atoms with Crippen LogP contribution >= 0.6 is 7.60 Å². The second-order valence-electron chi connectivity index (χ2n) is 3.51. The number of aliphatic carboxylic acids is 1. The van der Waals surface area contributed by atoms with E-state index in [2.05, 4.69) is 5.32 Å². The van der Waals surface area contributed by atoms with Crippen LogP contribution < -0.4 is 109 Å². The standard InChI is InChI=1S/C7H14NO5P.3Na/c9-7(10)6-3-5(1-2-8-6)4-14(11,12)13;;;/h5-6,8H,1-4H2,(H,9,10)(H2,11,12,13);;;/q;3*+1/p-3/t5-,6+;;;/m0.../s1. The molecule has 1 saturated heterocycles. The summed E-state index contributed by atoms with van der Waals surface area (Å²) in [6.45, 7) is 0.406. The van der Waals surface area contributed by atoms with Gasteiger partial charge < -0.3 is 29.6 Å². The Morgan fingerprint density at radius 1 is 1.29 bits per heavy atom. The minimum atomic E-state index is -4.53. The summed E-state index contributed by atoms with van der Waals surface area (Å²) in [6.07, 6.45) is 0.202. The average molecular weight is 289 g/mol. The van der Waals surface area contributed by atoms with Gasteiger partial charge in [0.05, 0.1) is 5.97 Å². The molecule has 1 aliphatic heterocycles. The number of carboxylic acids is 1. The van der Waals surface area contributed by atoms with Crippen molar-refractivity contribution in [3.05, 3.63) is 0 Å². The fourth-order valence-corrected chi connectivity index (χ4v) is 2.62. The van der Waals surface area contributed by atoms with Crippen LogP contribution in [0, 0.1) is 5.92 Å². The van der Waals surface area contributed by atoms with E-state index in [1.54, 1.807) is 0 Å². The zero-order valence-electron chi connectivity index (χ0n) is 10.5. The molecule has 0 radical (unpaired) electrons. The van der Waals surface area contributed by atoms with Crippen LogP contribution in [0.3, 0.4) is 0 Å². The molecule has 1 aliphatic rings. The van der Waals surface area contributed by atoms with Crippen molar-refractivity contribution in [1.29, 1.82) is 0 Å². The Kier molecular flexibility index (Phi) is 16.3. The van der Waals surface area contributed by atoms with Gasteiger partial charge in [-0.25, -0.2) is 0 Å². The molecule has 0 amide bonds. The third kappa shape index (κ3) is 11.0. The van der Waals surface area contributed by atoms with Crippen LogP contribution in [0.4, 0.5) is 0 Å². The number of hydrogen-bond donors (Lipinski definition) is 1. The molecule has 0 unspecified atom stereocenters. The summed E-state index contributed by atoms with van der Waals surface area (Å²) in [7, 11) is -4.53. The summed E-state index contributed by atoms with van der Waals surface area (Å²) < 4.78 is 10.5. The molecule has 0 aromatic heterocycles. The largest absolute Gasteiger partial charge is 1.00 e. The van der Waals surface area contributed by atoms with Gasteiger partial charge in [-0.3, -0.25) is 0 Å². The van der Waals surface area contributed by atoms with E-state index in [4.69, 9.17) is 0 Å². The molecule has 10 heteroatoms. The summed E-state index contributed by atoms with van der Waals surface area (Å²) in [4.78, 5) is 31.4. The Balaban J connectivity index is -0.000000653.